The molecule has 0 aliphatic carbocycles. The molecule has 0 saturated heterocycles. The maximum atomic E-state index is 12.3. The van der Waals surface area contributed by atoms with Crippen LogP contribution in [0, 0.1) is 3.57 Å². The van der Waals surface area contributed by atoms with Crippen molar-refractivity contribution in [2.45, 2.75) is 0 Å². The summed E-state index contributed by atoms with van der Waals surface area (Å²) in [5.74, 6) is -0.0234. The lowest BCUT2D eigenvalue weighted by molar-refractivity contribution is 0.0992. The molecule has 0 atom stereocenters. The molecule has 0 aliphatic heterocycles. The number of benzene rings is 2. The predicted octanol–water partition coefficient (Wildman–Crippen LogP) is 3.15. The highest BCUT2D eigenvalue weighted by Gasteiger charge is 2.15. The van der Waals surface area contributed by atoms with Crippen LogP contribution >= 0.6 is 22.6 Å². The van der Waals surface area contributed by atoms with Crippen LogP contribution in [0.4, 0.5) is 11.4 Å². The first-order chi connectivity index (χ1) is 8.59. The third kappa shape index (κ3) is 2.64. The monoisotopic (exact) mass is 352 g/mol. The van der Waals surface area contributed by atoms with E-state index in [-0.39, 0.29) is 5.91 Å². The maximum absolute atomic E-state index is 12.3. The van der Waals surface area contributed by atoms with Crippen LogP contribution in [0.5, 0.6) is 0 Å². The van der Waals surface area contributed by atoms with E-state index in [1.807, 2.05) is 36.4 Å². The molecule has 0 saturated carbocycles. The summed E-state index contributed by atoms with van der Waals surface area (Å²) in [7, 11) is 1.76. The normalized spacial score (nSPS) is 10.1. The quantitative estimate of drug-likeness (QED) is 0.667. The number of hydrogen-bond donors (Lipinski definition) is 1. The van der Waals surface area contributed by atoms with Gasteiger partial charge in [0, 0.05) is 22.0 Å². The second kappa shape index (κ2) is 5.39. The third-order valence-electron chi connectivity index (χ3n) is 2.69. The Labute approximate surface area is 120 Å². The molecule has 3 nitrogen and oxygen atoms in total. The molecule has 0 fully saturated rings. The van der Waals surface area contributed by atoms with Crippen molar-refractivity contribution in [3.8, 4) is 0 Å². The Morgan fingerprint density at radius 3 is 2.33 bits per heavy atom. The van der Waals surface area contributed by atoms with Crippen molar-refractivity contribution in [3.63, 3.8) is 0 Å². The molecule has 0 spiro atoms. The smallest absolute Gasteiger partial charge is 0.259 e. The van der Waals surface area contributed by atoms with Gasteiger partial charge in [0.1, 0.15) is 0 Å². The van der Waals surface area contributed by atoms with Crippen LogP contribution in [0.3, 0.4) is 0 Å². The highest BCUT2D eigenvalue weighted by atomic mass is 127. The highest BCUT2D eigenvalue weighted by molar-refractivity contribution is 14.1. The molecule has 2 aromatic carbocycles. The number of amides is 1. The second-order valence-corrected chi connectivity index (χ2v) is 5.10. The van der Waals surface area contributed by atoms with Crippen molar-refractivity contribution in [1.82, 2.24) is 0 Å². The highest BCUT2D eigenvalue weighted by Crippen LogP contribution is 2.19. The van der Waals surface area contributed by atoms with Gasteiger partial charge in [0.15, 0.2) is 0 Å². The first-order valence-electron chi connectivity index (χ1n) is 5.47. The van der Waals surface area contributed by atoms with E-state index in [0.29, 0.717) is 11.3 Å². The predicted molar refractivity (Wildman–Crippen MR) is 82.7 cm³/mol. The van der Waals surface area contributed by atoms with E-state index in [2.05, 4.69) is 22.6 Å². The molecular weight excluding hydrogens is 339 g/mol. The van der Waals surface area contributed by atoms with Crippen LogP contribution in [-0.2, 0) is 0 Å². The van der Waals surface area contributed by atoms with Gasteiger partial charge in [0.05, 0.1) is 5.56 Å². The minimum atomic E-state index is -0.0234. The van der Waals surface area contributed by atoms with Crippen molar-refractivity contribution in [2.75, 3.05) is 17.7 Å². The van der Waals surface area contributed by atoms with E-state index >= 15 is 0 Å². The lowest BCUT2D eigenvalue weighted by Crippen LogP contribution is -2.26. The SMILES string of the molecule is CN(C(=O)c1ccccc1I)c1ccc(N)cc1. The number of halogens is 1. The van der Waals surface area contributed by atoms with Gasteiger partial charge >= 0.3 is 0 Å². The standard InChI is InChI=1S/C14H13IN2O/c1-17(11-8-6-10(16)7-9-11)14(18)12-4-2-3-5-13(12)15/h2-9H,16H2,1H3. The molecule has 2 aromatic rings. The molecule has 0 radical (unpaired) electrons. The lowest BCUT2D eigenvalue weighted by Gasteiger charge is -2.18. The molecule has 0 aliphatic rings. The molecule has 0 aromatic heterocycles. The molecule has 2 rings (SSSR count). The summed E-state index contributed by atoms with van der Waals surface area (Å²) in [5, 5.41) is 0. The van der Waals surface area contributed by atoms with Gasteiger partial charge in [-0.2, -0.15) is 0 Å². The Morgan fingerprint density at radius 2 is 1.72 bits per heavy atom. The number of hydrogen-bond acceptors (Lipinski definition) is 2. The molecule has 0 heterocycles. The van der Waals surface area contributed by atoms with Gasteiger partial charge < -0.3 is 10.6 Å². The number of carbonyl (C=O) groups is 1. The van der Waals surface area contributed by atoms with Crippen LogP contribution < -0.4 is 10.6 Å². The average Bonchev–Trinajstić information content (AvgIpc) is 2.38. The fourth-order valence-corrected chi connectivity index (χ4v) is 2.25. The lowest BCUT2D eigenvalue weighted by atomic mass is 10.2. The molecule has 1 amide bonds. The number of carbonyl (C=O) groups excluding carboxylic acids is 1. The molecule has 0 unspecified atom stereocenters. The summed E-state index contributed by atoms with van der Waals surface area (Å²) in [6.07, 6.45) is 0. The summed E-state index contributed by atoms with van der Waals surface area (Å²) in [5.41, 5.74) is 7.86. The Kier molecular flexibility index (Phi) is 3.86. The van der Waals surface area contributed by atoms with Crippen LogP contribution in [0.15, 0.2) is 48.5 Å². The van der Waals surface area contributed by atoms with Crippen molar-refractivity contribution >= 4 is 39.9 Å². The summed E-state index contributed by atoms with van der Waals surface area (Å²) < 4.78 is 0.947. The van der Waals surface area contributed by atoms with Crippen molar-refractivity contribution in [2.24, 2.45) is 0 Å². The Balaban J connectivity index is 2.29. The summed E-state index contributed by atoms with van der Waals surface area (Å²) in [6, 6.07) is 14.8. The van der Waals surface area contributed by atoms with Crippen LogP contribution in [-0.4, -0.2) is 13.0 Å². The van der Waals surface area contributed by atoms with Crippen LogP contribution in [0.2, 0.25) is 0 Å². The number of nitrogens with zero attached hydrogens (tertiary/aromatic N) is 1. The van der Waals surface area contributed by atoms with Crippen molar-refractivity contribution in [3.05, 3.63) is 57.7 Å². The Morgan fingerprint density at radius 1 is 1.11 bits per heavy atom. The van der Waals surface area contributed by atoms with E-state index in [9.17, 15) is 4.79 Å². The van der Waals surface area contributed by atoms with Gasteiger partial charge in [-0.25, -0.2) is 0 Å². The largest absolute Gasteiger partial charge is 0.399 e. The fourth-order valence-electron chi connectivity index (χ4n) is 1.63. The number of anilines is 2. The minimum Gasteiger partial charge on any atom is -0.399 e. The molecular formula is C14H13IN2O. The third-order valence-corrected chi connectivity index (χ3v) is 3.63. The first kappa shape index (κ1) is 12.9. The number of rotatable bonds is 2. The molecule has 2 N–H and O–H groups in total. The summed E-state index contributed by atoms with van der Waals surface area (Å²) >= 11 is 2.17. The minimum absolute atomic E-state index is 0.0234. The first-order valence-corrected chi connectivity index (χ1v) is 6.55. The van der Waals surface area contributed by atoms with Gasteiger partial charge in [-0.15, -0.1) is 0 Å². The molecule has 92 valence electrons. The van der Waals surface area contributed by atoms with Crippen molar-refractivity contribution in [1.29, 1.82) is 0 Å². The van der Waals surface area contributed by atoms with E-state index < -0.39 is 0 Å². The summed E-state index contributed by atoms with van der Waals surface area (Å²) in [6.45, 7) is 0. The van der Waals surface area contributed by atoms with Crippen LogP contribution in [0.1, 0.15) is 10.4 Å². The van der Waals surface area contributed by atoms with Crippen molar-refractivity contribution < 1.29 is 4.79 Å². The second-order valence-electron chi connectivity index (χ2n) is 3.94. The average molecular weight is 352 g/mol. The Hall–Kier alpha value is -1.56. The molecule has 0 bridgehead atoms. The van der Waals surface area contributed by atoms with E-state index in [4.69, 9.17) is 5.73 Å². The van der Waals surface area contributed by atoms with Gasteiger partial charge in [-0.05, 0) is 59.0 Å². The zero-order valence-corrected chi connectivity index (χ0v) is 12.1. The number of nitrogen functional groups attached to an aromatic ring is 1. The maximum Gasteiger partial charge on any atom is 0.259 e. The van der Waals surface area contributed by atoms with Gasteiger partial charge in [-0.1, -0.05) is 12.1 Å². The van der Waals surface area contributed by atoms with Gasteiger partial charge in [-0.3, -0.25) is 4.79 Å². The molecule has 18 heavy (non-hydrogen) atoms. The fraction of sp³-hybridized carbons (Fsp3) is 0.0714. The topological polar surface area (TPSA) is 46.3 Å². The van der Waals surface area contributed by atoms with Gasteiger partial charge in [0.25, 0.3) is 5.91 Å². The Bertz CT molecular complexity index is 566. The van der Waals surface area contributed by atoms with Crippen LogP contribution in [0.25, 0.3) is 0 Å². The zero-order valence-electron chi connectivity index (χ0n) is 9.93. The van der Waals surface area contributed by atoms with E-state index in [0.717, 1.165) is 9.26 Å². The van der Waals surface area contributed by atoms with E-state index in [1.165, 1.54) is 0 Å². The zero-order chi connectivity index (χ0) is 13.1. The van der Waals surface area contributed by atoms with E-state index in [1.54, 1.807) is 24.1 Å². The molecule has 4 heteroatoms. The van der Waals surface area contributed by atoms with Gasteiger partial charge in [0.2, 0.25) is 0 Å². The summed E-state index contributed by atoms with van der Waals surface area (Å²) in [4.78, 5) is 14.0. The number of nitrogens with two attached hydrogens (primary N) is 1.